The number of hydrogen-bond acceptors (Lipinski definition) is 8. The lowest BCUT2D eigenvalue weighted by Gasteiger charge is -2.27. The maximum atomic E-state index is 13.5. The lowest BCUT2D eigenvalue weighted by Crippen LogP contribution is -2.32. The Morgan fingerprint density at radius 1 is 1.06 bits per heavy atom. The number of anilines is 1. The fraction of sp³-hybridized carbons (Fsp3) is 0.407. The summed E-state index contributed by atoms with van der Waals surface area (Å²) in [4.78, 5) is 47.1. The maximum absolute atomic E-state index is 13.5. The molecule has 0 fully saturated rings. The van der Waals surface area contributed by atoms with Crippen LogP contribution in [-0.2, 0) is 40.1 Å². The van der Waals surface area contributed by atoms with Crippen LogP contribution in [0.4, 0.5) is 5.00 Å². The number of carbonyl (C=O) groups is 3. The Morgan fingerprint density at radius 2 is 1.83 bits per heavy atom. The Bertz CT molecular complexity index is 1370. The number of aromatic nitrogens is 1. The first kappa shape index (κ1) is 24.4. The number of benzene rings is 1. The second-order valence-electron chi connectivity index (χ2n) is 9.36. The van der Waals surface area contributed by atoms with Gasteiger partial charge in [0, 0.05) is 41.0 Å². The fourth-order valence-electron chi connectivity index (χ4n) is 5.02. The van der Waals surface area contributed by atoms with Gasteiger partial charge in [0.15, 0.2) is 6.10 Å². The second kappa shape index (κ2) is 9.99. The van der Waals surface area contributed by atoms with Crippen molar-refractivity contribution in [1.82, 2.24) is 9.88 Å². The van der Waals surface area contributed by atoms with Gasteiger partial charge in [-0.05, 0) is 51.3 Å². The SMILES string of the molecule is COC(=O)c1c(NC(=O)C(C)OC(=O)c2c3c(nc4ccccc24)CCN(C)C3)sc2c1CCCC2. The minimum Gasteiger partial charge on any atom is -0.465 e. The zero-order chi connectivity index (χ0) is 25.4. The molecule has 1 aromatic carbocycles. The summed E-state index contributed by atoms with van der Waals surface area (Å²) in [6.45, 7) is 2.99. The number of rotatable bonds is 5. The second-order valence-corrected chi connectivity index (χ2v) is 10.5. The van der Waals surface area contributed by atoms with Crippen LogP contribution in [0.2, 0.25) is 0 Å². The summed E-state index contributed by atoms with van der Waals surface area (Å²) >= 11 is 1.40. The number of methoxy groups -OCH3 is 1. The Labute approximate surface area is 213 Å². The van der Waals surface area contributed by atoms with Crippen molar-refractivity contribution < 1.29 is 23.9 Å². The minimum absolute atomic E-state index is 0.418. The third kappa shape index (κ3) is 4.49. The Hall–Kier alpha value is -3.30. The van der Waals surface area contributed by atoms with E-state index in [0.717, 1.165) is 65.9 Å². The molecule has 9 heteroatoms. The number of pyridine rings is 1. The molecule has 0 saturated heterocycles. The number of nitrogens with zero attached hydrogens (tertiary/aromatic N) is 2. The third-order valence-electron chi connectivity index (χ3n) is 6.89. The number of aryl methyl sites for hydroxylation is 1. The van der Waals surface area contributed by atoms with Gasteiger partial charge < -0.3 is 19.7 Å². The van der Waals surface area contributed by atoms with Gasteiger partial charge in [0.2, 0.25) is 0 Å². The summed E-state index contributed by atoms with van der Waals surface area (Å²) in [7, 11) is 3.34. The molecule has 1 N–H and O–H groups in total. The molecule has 1 aliphatic heterocycles. The minimum atomic E-state index is -1.06. The van der Waals surface area contributed by atoms with Gasteiger partial charge in [-0.15, -0.1) is 11.3 Å². The number of fused-ring (bicyclic) bond motifs is 3. The first-order valence-corrected chi connectivity index (χ1v) is 13.0. The molecule has 5 rings (SSSR count). The Balaban J connectivity index is 1.41. The molecule has 3 aromatic rings. The number of likely N-dealkylation sites (N-methyl/N-ethyl adjacent to an activating group) is 1. The number of thiophene rings is 1. The van der Waals surface area contributed by atoms with Gasteiger partial charge in [-0.2, -0.15) is 0 Å². The van der Waals surface area contributed by atoms with Crippen LogP contribution in [0.25, 0.3) is 10.9 Å². The average molecular weight is 508 g/mol. The van der Waals surface area contributed by atoms with E-state index in [-0.39, 0.29) is 0 Å². The monoisotopic (exact) mass is 507 g/mol. The van der Waals surface area contributed by atoms with E-state index in [1.807, 2.05) is 31.3 Å². The van der Waals surface area contributed by atoms with Crippen LogP contribution < -0.4 is 5.32 Å². The number of para-hydroxylation sites is 1. The van der Waals surface area contributed by atoms with Gasteiger partial charge in [-0.3, -0.25) is 9.78 Å². The lowest BCUT2D eigenvalue weighted by atomic mass is 9.95. The number of amides is 1. The highest BCUT2D eigenvalue weighted by atomic mass is 32.1. The predicted molar refractivity (Wildman–Crippen MR) is 138 cm³/mol. The van der Waals surface area contributed by atoms with Crippen molar-refractivity contribution in [1.29, 1.82) is 0 Å². The molecule has 2 aromatic heterocycles. The topological polar surface area (TPSA) is 97.8 Å². The highest BCUT2D eigenvalue weighted by Gasteiger charge is 2.30. The number of carbonyl (C=O) groups excluding carboxylic acids is 3. The lowest BCUT2D eigenvalue weighted by molar-refractivity contribution is -0.123. The quantitative estimate of drug-likeness (QED) is 0.519. The molecular formula is C27H29N3O5S. The van der Waals surface area contributed by atoms with Crippen molar-refractivity contribution in [3.05, 3.63) is 57.1 Å². The van der Waals surface area contributed by atoms with E-state index < -0.39 is 23.9 Å². The molecule has 0 radical (unpaired) electrons. The van der Waals surface area contributed by atoms with Crippen molar-refractivity contribution in [2.75, 3.05) is 26.0 Å². The number of nitrogens with one attached hydrogen (secondary N) is 1. The smallest absolute Gasteiger partial charge is 0.341 e. The van der Waals surface area contributed by atoms with Crippen molar-refractivity contribution in [2.45, 2.75) is 51.7 Å². The molecule has 0 spiro atoms. The molecule has 1 atom stereocenters. The molecule has 1 unspecified atom stereocenters. The number of ether oxygens (including phenoxy) is 2. The van der Waals surface area contributed by atoms with Gasteiger partial charge in [-0.25, -0.2) is 9.59 Å². The Morgan fingerprint density at radius 3 is 2.64 bits per heavy atom. The van der Waals surface area contributed by atoms with E-state index in [0.29, 0.717) is 28.1 Å². The van der Waals surface area contributed by atoms with E-state index >= 15 is 0 Å². The van der Waals surface area contributed by atoms with Crippen molar-refractivity contribution in [3.63, 3.8) is 0 Å². The van der Waals surface area contributed by atoms with Crippen molar-refractivity contribution in [2.24, 2.45) is 0 Å². The largest absolute Gasteiger partial charge is 0.465 e. The molecule has 1 amide bonds. The number of esters is 2. The van der Waals surface area contributed by atoms with Crippen LogP contribution in [-0.4, -0.2) is 54.5 Å². The molecule has 0 saturated carbocycles. The van der Waals surface area contributed by atoms with Crippen molar-refractivity contribution >= 4 is 45.1 Å². The molecule has 0 bridgehead atoms. The maximum Gasteiger partial charge on any atom is 0.341 e. The molecule has 188 valence electrons. The highest BCUT2D eigenvalue weighted by molar-refractivity contribution is 7.17. The fourth-order valence-corrected chi connectivity index (χ4v) is 6.30. The van der Waals surface area contributed by atoms with Gasteiger partial charge in [-0.1, -0.05) is 18.2 Å². The normalized spacial score (nSPS) is 16.1. The Kier molecular flexibility index (Phi) is 6.77. The van der Waals surface area contributed by atoms with Crippen LogP contribution in [0.15, 0.2) is 24.3 Å². The van der Waals surface area contributed by atoms with E-state index in [2.05, 4.69) is 10.2 Å². The van der Waals surface area contributed by atoms with E-state index in [1.165, 1.54) is 18.4 Å². The number of hydrogen-bond donors (Lipinski definition) is 1. The van der Waals surface area contributed by atoms with Crippen LogP contribution in [0.1, 0.15) is 62.2 Å². The van der Waals surface area contributed by atoms with Crippen LogP contribution in [0.5, 0.6) is 0 Å². The standard InChI is InChI=1S/C27H29N3O5S/c1-15(24(31)29-25-23(26(32)34-3)17-9-5-7-11-21(17)36-25)35-27(33)22-16-8-4-6-10-19(16)28-20-12-13-30(2)14-18(20)22/h4,6,8,10,15H,5,7,9,11-14H2,1-3H3,(H,29,31). The zero-order valence-corrected chi connectivity index (χ0v) is 21.5. The first-order chi connectivity index (χ1) is 17.4. The molecular weight excluding hydrogens is 478 g/mol. The summed E-state index contributed by atoms with van der Waals surface area (Å²) < 4.78 is 10.7. The summed E-state index contributed by atoms with van der Waals surface area (Å²) in [6, 6.07) is 7.50. The zero-order valence-electron chi connectivity index (χ0n) is 20.7. The molecule has 2 aliphatic rings. The molecule has 3 heterocycles. The third-order valence-corrected chi connectivity index (χ3v) is 8.10. The van der Waals surface area contributed by atoms with Gasteiger partial charge >= 0.3 is 11.9 Å². The van der Waals surface area contributed by atoms with Gasteiger partial charge in [0.1, 0.15) is 5.00 Å². The van der Waals surface area contributed by atoms with Crippen LogP contribution >= 0.6 is 11.3 Å². The van der Waals surface area contributed by atoms with Gasteiger partial charge in [0.25, 0.3) is 5.91 Å². The summed E-state index contributed by atoms with van der Waals surface area (Å²) in [6.07, 6.45) is 3.38. The molecule has 8 nitrogen and oxygen atoms in total. The predicted octanol–water partition coefficient (Wildman–Crippen LogP) is 4.13. The van der Waals surface area contributed by atoms with E-state index in [4.69, 9.17) is 14.5 Å². The highest BCUT2D eigenvalue weighted by Crippen LogP contribution is 2.38. The molecule has 1 aliphatic carbocycles. The van der Waals surface area contributed by atoms with Gasteiger partial charge in [0.05, 0.1) is 23.8 Å². The summed E-state index contributed by atoms with van der Waals surface area (Å²) in [5.74, 6) is -1.51. The van der Waals surface area contributed by atoms with Crippen LogP contribution in [0.3, 0.4) is 0 Å². The van der Waals surface area contributed by atoms with E-state index in [1.54, 1.807) is 6.92 Å². The summed E-state index contributed by atoms with van der Waals surface area (Å²) in [5.41, 5.74) is 4.31. The average Bonchev–Trinajstić information content (AvgIpc) is 3.24. The first-order valence-electron chi connectivity index (χ1n) is 12.2. The summed E-state index contributed by atoms with van der Waals surface area (Å²) in [5, 5.41) is 3.99. The van der Waals surface area contributed by atoms with Crippen LogP contribution in [0, 0.1) is 0 Å². The molecule has 36 heavy (non-hydrogen) atoms. The van der Waals surface area contributed by atoms with E-state index in [9.17, 15) is 14.4 Å². The van der Waals surface area contributed by atoms with Crippen molar-refractivity contribution in [3.8, 4) is 0 Å².